The van der Waals surface area contributed by atoms with Crippen molar-refractivity contribution in [2.75, 3.05) is 0 Å². The van der Waals surface area contributed by atoms with Crippen molar-refractivity contribution in [2.45, 2.75) is 70.0 Å². The molecule has 0 aromatic carbocycles. The fourth-order valence-corrected chi connectivity index (χ4v) is 6.81. The Labute approximate surface area is 144 Å². The molecule has 4 aliphatic rings. The molecule has 3 fully saturated rings. The maximum absolute atomic E-state index is 11.8. The van der Waals surface area contributed by atoms with Gasteiger partial charge in [-0.15, -0.1) is 6.42 Å². The molecule has 0 aromatic rings. The Bertz CT molecular complexity index is 658. The first-order valence-electron chi connectivity index (χ1n) is 9.41. The van der Waals surface area contributed by atoms with Crippen LogP contribution >= 0.6 is 0 Å². The molecule has 0 radical (unpaired) electrons. The van der Waals surface area contributed by atoms with Crippen molar-refractivity contribution in [1.29, 1.82) is 0 Å². The van der Waals surface area contributed by atoms with Gasteiger partial charge in [-0.05, 0) is 73.8 Å². The molecular weight excluding hydrogens is 300 g/mol. The Balaban J connectivity index is 1.75. The molecule has 4 rings (SSSR count). The summed E-state index contributed by atoms with van der Waals surface area (Å²) in [7, 11) is 0. The summed E-state index contributed by atoms with van der Waals surface area (Å²) in [6.07, 6.45) is 12.6. The first kappa shape index (κ1) is 16.4. The van der Waals surface area contributed by atoms with E-state index in [-0.39, 0.29) is 17.1 Å². The maximum atomic E-state index is 11.8. The Morgan fingerprint density at radius 3 is 2.62 bits per heavy atom. The largest absolute Gasteiger partial charge is 0.385 e. The van der Waals surface area contributed by atoms with E-state index < -0.39 is 11.2 Å². The molecule has 0 bridgehead atoms. The lowest BCUT2D eigenvalue weighted by atomic mass is 9.47. The van der Waals surface area contributed by atoms with Crippen LogP contribution in [0, 0.1) is 41.4 Å². The molecule has 0 saturated heterocycles. The zero-order chi connectivity index (χ0) is 17.3. The quantitative estimate of drug-likeness (QED) is 0.672. The number of ketones is 1. The Kier molecular flexibility index (Phi) is 3.38. The van der Waals surface area contributed by atoms with E-state index >= 15 is 0 Å². The minimum absolute atomic E-state index is 0.156. The molecule has 7 atom stereocenters. The summed E-state index contributed by atoms with van der Waals surface area (Å²) in [4.78, 5) is 11.8. The molecule has 3 saturated carbocycles. The van der Waals surface area contributed by atoms with E-state index in [1.165, 1.54) is 0 Å². The standard InChI is InChI=1S/C21H28O3/c1-4-20(23)9-7-16-18-13(2)11-14-12-15(22)5-10-21(14,24)17(18)6-8-19(16,20)3/h1,12-13,16-18,23-24H,5-11H2,2-3H3/t13?,16?,17?,18?,19-,20-,21+/m0/s1. The molecule has 0 spiro atoms. The van der Waals surface area contributed by atoms with Crippen LogP contribution in [0.25, 0.3) is 0 Å². The Morgan fingerprint density at radius 2 is 1.92 bits per heavy atom. The highest BCUT2D eigenvalue weighted by Crippen LogP contribution is 2.66. The van der Waals surface area contributed by atoms with Gasteiger partial charge in [-0.2, -0.15) is 0 Å². The average Bonchev–Trinajstić information content (AvgIpc) is 2.82. The number of terminal acetylenes is 1. The minimum atomic E-state index is -1.01. The fourth-order valence-electron chi connectivity index (χ4n) is 6.81. The SMILES string of the molecule is C#C[C@]1(O)CCC2C3C(C)CC4=CC(=O)CC[C@]4(O)C3CC[C@@]21C. The van der Waals surface area contributed by atoms with Crippen molar-refractivity contribution in [3.8, 4) is 12.3 Å². The highest BCUT2D eigenvalue weighted by atomic mass is 16.3. The normalized spacial score (nSPS) is 53.5. The molecule has 0 heterocycles. The molecule has 3 nitrogen and oxygen atoms in total. The van der Waals surface area contributed by atoms with Gasteiger partial charge in [-0.25, -0.2) is 0 Å². The van der Waals surface area contributed by atoms with Crippen molar-refractivity contribution < 1.29 is 15.0 Å². The van der Waals surface area contributed by atoms with Gasteiger partial charge < -0.3 is 10.2 Å². The van der Waals surface area contributed by atoms with Crippen LogP contribution in [0.1, 0.15) is 58.8 Å². The van der Waals surface area contributed by atoms with Gasteiger partial charge in [0.15, 0.2) is 5.78 Å². The van der Waals surface area contributed by atoms with Gasteiger partial charge in [0.25, 0.3) is 0 Å². The third-order valence-corrected chi connectivity index (χ3v) is 8.18. The van der Waals surface area contributed by atoms with E-state index in [9.17, 15) is 15.0 Å². The zero-order valence-corrected chi connectivity index (χ0v) is 14.7. The third-order valence-electron chi connectivity index (χ3n) is 8.18. The van der Waals surface area contributed by atoms with Crippen LogP contribution in [0.3, 0.4) is 0 Å². The number of aliphatic hydroxyl groups is 2. The molecule has 0 aromatic heterocycles. The van der Waals surface area contributed by atoms with Gasteiger partial charge in [0.1, 0.15) is 5.60 Å². The number of hydrogen-bond acceptors (Lipinski definition) is 3. The first-order valence-corrected chi connectivity index (χ1v) is 9.41. The highest BCUT2D eigenvalue weighted by Gasteiger charge is 2.65. The monoisotopic (exact) mass is 328 g/mol. The highest BCUT2D eigenvalue weighted by molar-refractivity contribution is 5.92. The summed E-state index contributed by atoms with van der Waals surface area (Å²) in [6.45, 7) is 4.41. The smallest absolute Gasteiger partial charge is 0.155 e. The maximum Gasteiger partial charge on any atom is 0.155 e. The molecule has 4 aliphatic carbocycles. The summed E-state index contributed by atoms with van der Waals surface area (Å²) in [5.41, 5.74) is -1.12. The summed E-state index contributed by atoms with van der Waals surface area (Å²) < 4.78 is 0. The van der Waals surface area contributed by atoms with Crippen LogP contribution in [0.5, 0.6) is 0 Å². The van der Waals surface area contributed by atoms with Gasteiger partial charge in [0.2, 0.25) is 0 Å². The van der Waals surface area contributed by atoms with Crippen LogP contribution in [0.4, 0.5) is 0 Å². The van der Waals surface area contributed by atoms with E-state index in [1.807, 2.05) is 0 Å². The predicted octanol–water partition coefficient (Wildman–Crippen LogP) is 2.85. The van der Waals surface area contributed by atoms with Crippen LogP contribution < -0.4 is 0 Å². The number of carbonyl (C=O) groups is 1. The molecule has 2 N–H and O–H groups in total. The van der Waals surface area contributed by atoms with Crippen LogP contribution in [0.2, 0.25) is 0 Å². The lowest BCUT2D eigenvalue weighted by molar-refractivity contribution is -0.148. The zero-order valence-electron chi connectivity index (χ0n) is 14.7. The summed E-state index contributed by atoms with van der Waals surface area (Å²) in [6, 6.07) is 0. The topological polar surface area (TPSA) is 57.5 Å². The minimum Gasteiger partial charge on any atom is -0.385 e. The van der Waals surface area contributed by atoms with E-state index in [2.05, 4.69) is 19.8 Å². The van der Waals surface area contributed by atoms with Crippen molar-refractivity contribution in [1.82, 2.24) is 0 Å². The number of hydrogen-bond donors (Lipinski definition) is 2. The van der Waals surface area contributed by atoms with Crippen molar-refractivity contribution >= 4 is 5.78 Å². The Hall–Kier alpha value is -1.11. The molecule has 0 amide bonds. The lowest BCUT2D eigenvalue weighted by Gasteiger charge is -2.59. The van der Waals surface area contributed by atoms with E-state index in [4.69, 9.17) is 6.42 Å². The molecule has 0 aliphatic heterocycles. The van der Waals surface area contributed by atoms with Crippen LogP contribution in [0.15, 0.2) is 11.6 Å². The number of rotatable bonds is 0. The van der Waals surface area contributed by atoms with Gasteiger partial charge >= 0.3 is 0 Å². The summed E-state index contributed by atoms with van der Waals surface area (Å²) in [5, 5.41) is 22.5. The van der Waals surface area contributed by atoms with Crippen LogP contribution in [-0.2, 0) is 4.79 Å². The van der Waals surface area contributed by atoms with Gasteiger partial charge in [0.05, 0.1) is 5.60 Å². The van der Waals surface area contributed by atoms with E-state index in [0.717, 1.165) is 31.3 Å². The average molecular weight is 328 g/mol. The second kappa shape index (κ2) is 4.96. The first-order chi connectivity index (χ1) is 11.2. The van der Waals surface area contributed by atoms with Crippen LogP contribution in [-0.4, -0.2) is 27.2 Å². The van der Waals surface area contributed by atoms with E-state index in [0.29, 0.717) is 37.0 Å². The Morgan fingerprint density at radius 1 is 1.21 bits per heavy atom. The third kappa shape index (κ3) is 1.85. The number of carbonyl (C=O) groups excluding carboxylic acids is 1. The molecule has 3 heteroatoms. The second-order valence-corrected chi connectivity index (χ2v) is 9.03. The van der Waals surface area contributed by atoms with Gasteiger partial charge in [-0.1, -0.05) is 19.8 Å². The van der Waals surface area contributed by atoms with Crippen molar-refractivity contribution in [3.63, 3.8) is 0 Å². The molecule has 24 heavy (non-hydrogen) atoms. The molecular formula is C21H28O3. The fraction of sp³-hybridized carbons (Fsp3) is 0.762. The number of fused-ring (bicyclic) bond motifs is 5. The summed E-state index contributed by atoms with van der Waals surface area (Å²) >= 11 is 0. The van der Waals surface area contributed by atoms with E-state index in [1.54, 1.807) is 6.08 Å². The van der Waals surface area contributed by atoms with Crippen molar-refractivity contribution in [3.05, 3.63) is 11.6 Å². The molecule has 130 valence electrons. The second-order valence-electron chi connectivity index (χ2n) is 9.03. The van der Waals surface area contributed by atoms with Gasteiger partial charge in [-0.3, -0.25) is 4.79 Å². The summed E-state index contributed by atoms with van der Waals surface area (Å²) in [5.74, 6) is 4.20. The van der Waals surface area contributed by atoms with Gasteiger partial charge in [0, 0.05) is 11.8 Å². The van der Waals surface area contributed by atoms with Crippen molar-refractivity contribution in [2.24, 2.45) is 29.1 Å². The predicted molar refractivity (Wildman–Crippen MR) is 91.9 cm³/mol. The molecule has 4 unspecified atom stereocenters. The lowest BCUT2D eigenvalue weighted by Crippen LogP contribution is -2.59.